The van der Waals surface area contributed by atoms with Crippen molar-refractivity contribution in [3.8, 4) is 0 Å². The molecule has 0 aromatic heterocycles. The lowest BCUT2D eigenvalue weighted by molar-refractivity contribution is 0.536. The van der Waals surface area contributed by atoms with Crippen LogP contribution in [0.3, 0.4) is 0 Å². The highest BCUT2D eigenvalue weighted by atomic mass is 15.0. The third-order valence-corrected chi connectivity index (χ3v) is 3.24. The van der Waals surface area contributed by atoms with Gasteiger partial charge in [0.1, 0.15) is 0 Å². The highest BCUT2D eigenvalue weighted by Crippen LogP contribution is 2.34. The molecule has 2 nitrogen and oxygen atoms in total. The minimum absolute atomic E-state index is 0.413. The lowest BCUT2D eigenvalue weighted by Crippen LogP contribution is -2.27. The van der Waals surface area contributed by atoms with Crippen molar-refractivity contribution in [2.75, 3.05) is 6.54 Å². The van der Waals surface area contributed by atoms with Crippen LogP contribution in [-0.2, 0) is 13.0 Å². The number of nitrogens with two attached hydrogens (primary N) is 1. The Bertz CT molecular complexity index is 329. The van der Waals surface area contributed by atoms with E-state index in [1.807, 2.05) is 0 Å². The zero-order valence-electron chi connectivity index (χ0n) is 9.42. The molecule has 0 heterocycles. The van der Waals surface area contributed by atoms with E-state index < -0.39 is 0 Å². The van der Waals surface area contributed by atoms with E-state index in [1.165, 1.54) is 24.0 Å². The third-order valence-electron chi connectivity index (χ3n) is 3.24. The zero-order chi connectivity index (χ0) is 10.7. The van der Waals surface area contributed by atoms with Gasteiger partial charge in [-0.05, 0) is 43.9 Å². The average Bonchev–Trinajstić information content (AvgIpc) is 2.97. The van der Waals surface area contributed by atoms with Crippen molar-refractivity contribution in [1.29, 1.82) is 0 Å². The molecule has 1 aromatic rings. The van der Waals surface area contributed by atoms with Crippen LogP contribution >= 0.6 is 0 Å². The Morgan fingerprint density at radius 1 is 1.27 bits per heavy atom. The van der Waals surface area contributed by atoms with Crippen LogP contribution in [0.25, 0.3) is 0 Å². The van der Waals surface area contributed by atoms with Gasteiger partial charge in [0.15, 0.2) is 0 Å². The van der Waals surface area contributed by atoms with E-state index in [1.54, 1.807) is 0 Å². The van der Waals surface area contributed by atoms with Crippen LogP contribution in [0.4, 0.5) is 0 Å². The van der Waals surface area contributed by atoms with Gasteiger partial charge in [-0.2, -0.15) is 0 Å². The second-order valence-corrected chi connectivity index (χ2v) is 4.72. The standard InChI is InChI=1S/C13H20N2/c1-13(7-8-13)15-10-12-5-3-2-4-11(12)6-9-14/h2-5,15H,6-10,14H2,1H3. The summed E-state index contributed by atoms with van der Waals surface area (Å²) in [7, 11) is 0. The van der Waals surface area contributed by atoms with Crippen LogP contribution in [-0.4, -0.2) is 12.1 Å². The first-order chi connectivity index (χ1) is 7.23. The maximum atomic E-state index is 5.60. The molecule has 1 saturated carbocycles. The average molecular weight is 204 g/mol. The highest BCUT2D eigenvalue weighted by molar-refractivity contribution is 5.27. The van der Waals surface area contributed by atoms with Gasteiger partial charge >= 0.3 is 0 Å². The summed E-state index contributed by atoms with van der Waals surface area (Å²) in [5.41, 5.74) is 8.80. The third kappa shape index (κ3) is 2.80. The van der Waals surface area contributed by atoms with Gasteiger partial charge < -0.3 is 11.1 Å². The van der Waals surface area contributed by atoms with Crippen LogP contribution in [0.5, 0.6) is 0 Å². The molecule has 0 saturated heterocycles. The van der Waals surface area contributed by atoms with Gasteiger partial charge in [-0.1, -0.05) is 24.3 Å². The molecule has 0 unspecified atom stereocenters. The Morgan fingerprint density at radius 2 is 1.93 bits per heavy atom. The molecule has 3 N–H and O–H groups in total. The molecule has 82 valence electrons. The summed E-state index contributed by atoms with van der Waals surface area (Å²) < 4.78 is 0. The highest BCUT2D eigenvalue weighted by Gasteiger charge is 2.36. The first kappa shape index (κ1) is 10.7. The zero-order valence-corrected chi connectivity index (χ0v) is 9.42. The second-order valence-electron chi connectivity index (χ2n) is 4.72. The van der Waals surface area contributed by atoms with Crippen molar-refractivity contribution in [3.63, 3.8) is 0 Å². The smallest absolute Gasteiger partial charge is 0.0213 e. The van der Waals surface area contributed by atoms with Gasteiger partial charge in [0.05, 0.1) is 0 Å². The lowest BCUT2D eigenvalue weighted by atomic mass is 10.0. The molecule has 2 rings (SSSR count). The molecular formula is C13H20N2. The van der Waals surface area contributed by atoms with E-state index in [9.17, 15) is 0 Å². The van der Waals surface area contributed by atoms with Gasteiger partial charge in [0.25, 0.3) is 0 Å². The monoisotopic (exact) mass is 204 g/mol. The van der Waals surface area contributed by atoms with Crippen molar-refractivity contribution < 1.29 is 0 Å². The fraction of sp³-hybridized carbons (Fsp3) is 0.538. The molecule has 0 radical (unpaired) electrons. The molecule has 2 heteroatoms. The summed E-state index contributed by atoms with van der Waals surface area (Å²) in [5, 5.41) is 3.61. The first-order valence-electron chi connectivity index (χ1n) is 5.75. The summed E-state index contributed by atoms with van der Waals surface area (Å²) in [6.07, 6.45) is 3.60. The maximum absolute atomic E-state index is 5.60. The Hall–Kier alpha value is -0.860. The molecule has 1 aliphatic rings. The predicted octanol–water partition coefficient (Wildman–Crippen LogP) is 1.83. The Morgan fingerprint density at radius 3 is 2.53 bits per heavy atom. The molecule has 0 aliphatic heterocycles. The van der Waals surface area contributed by atoms with Gasteiger partial charge in [-0.25, -0.2) is 0 Å². The van der Waals surface area contributed by atoms with Crippen molar-refractivity contribution in [1.82, 2.24) is 5.32 Å². The summed E-state index contributed by atoms with van der Waals surface area (Å²) >= 11 is 0. The van der Waals surface area contributed by atoms with E-state index in [4.69, 9.17) is 5.73 Å². The molecule has 1 aliphatic carbocycles. The fourth-order valence-electron chi connectivity index (χ4n) is 1.80. The number of benzene rings is 1. The minimum Gasteiger partial charge on any atom is -0.330 e. The van der Waals surface area contributed by atoms with Crippen LogP contribution in [0.1, 0.15) is 30.9 Å². The largest absolute Gasteiger partial charge is 0.330 e. The lowest BCUT2D eigenvalue weighted by Gasteiger charge is -2.14. The molecule has 0 amide bonds. The molecular weight excluding hydrogens is 184 g/mol. The molecule has 0 bridgehead atoms. The number of rotatable bonds is 5. The summed E-state index contributed by atoms with van der Waals surface area (Å²) in [6, 6.07) is 8.57. The second kappa shape index (κ2) is 4.33. The molecule has 0 spiro atoms. The van der Waals surface area contributed by atoms with Crippen LogP contribution < -0.4 is 11.1 Å². The van der Waals surface area contributed by atoms with Crippen molar-refractivity contribution >= 4 is 0 Å². The number of hydrogen-bond donors (Lipinski definition) is 2. The summed E-state index contributed by atoms with van der Waals surface area (Å²) in [4.78, 5) is 0. The van der Waals surface area contributed by atoms with E-state index in [2.05, 4.69) is 36.5 Å². The van der Waals surface area contributed by atoms with E-state index >= 15 is 0 Å². The summed E-state index contributed by atoms with van der Waals surface area (Å²) in [5.74, 6) is 0. The van der Waals surface area contributed by atoms with Crippen LogP contribution in [0.2, 0.25) is 0 Å². The molecule has 0 atom stereocenters. The Labute approximate surface area is 91.9 Å². The van der Waals surface area contributed by atoms with E-state index in [-0.39, 0.29) is 0 Å². The first-order valence-corrected chi connectivity index (χ1v) is 5.75. The van der Waals surface area contributed by atoms with Crippen LogP contribution in [0, 0.1) is 0 Å². The fourth-order valence-corrected chi connectivity index (χ4v) is 1.80. The van der Waals surface area contributed by atoms with Crippen LogP contribution in [0.15, 0.2) is 24.3 Å². The predicted molar refractivity (Wildman–Crippen MR) is 63.7 cm³/mol. The van der Waals surface area contributed by atoms with E-state index in [0.717, 1.165) is 19.5 Å². The van der Waals surface area contributed by atoms with Crippen molar-refractivity contribution in [3.05, 3.63) is 35.4 Å². The molecule has 15 heavy (non-hydrogen) atoms. The Kier molecular flexibility index (Phi) is 3.08. The minimum atomic E-state index is 0.413. The van der Waals surface area contributed by atoms with Crippen molar-refractivity contribution in [2.45, 2.75) is 38.3 Å². The Balaban J connectivity index is 1.99. The maximum Gasteiger partial charge on any atom is 0.0213 e. The van der Waals surface area contributed by atoms with Gasteiger partial charge in [-0.3, -0.25) is 0 Å². The SMILES string of the molecule is CC1(NCc2ccccc2CCN)CC1. The topological polar surface area (TPSA) is 38.0 Å². The van der Waals surface area contributed by atoms with Gasteiger partial charge in [-0.15, -0.1) is 0 Å². The molecule has 1 fully saturated rings. The van der Waals surface area contributed by atoms with Crippen molar-refractivity contribution in [2.24, 2.45) is 5.73 Å². The van der Waals surface area contributed by atoms with Gasteiger partial charge in [0, 0.05) is 12.1 Å². The van der Waals surface area contributed by atoms with Gasteiger partial charge in [0.2, 0.25) is 0 Å². The summed E-state index contributed by atoms with van der Waals surface area (Å²) in [6.45, 7) is 4.00. The molecule has 1 aromatic carbocycles. The van der Waals surface area contributed by atoms with E-state index in [0.29, 0.717) is 5.54 Å². The number of nitrogens with one attached hydrogen (secondary N) is 1. The normalized spacial score (nSPS) is 17.7. The quantitative estimate of drug-likeness (QED) is 0.768. The number of hydrogen-bond acceptors (Lipinski definition) is 2.